The van der Waals surface area contributed by atoms with Gasteiger partial charge in [0, 0.05) is 24.0 Å². The van der Waals surface area contributed by atoms with Gasteiger partial charge in [0.1, 0.15) is 0 Å². The lowest BCUT2D eigenvalue weighted by Gasteiger charge is -2.47. The van der Waals surface area contributed by atoms with E-state index < -0.39 is 11.6 Å². The third kappa shape index (κ3) is 4.72. The zero-order valence-corrected chi connectivity index (χ0v) is 17.7. The van der Waals surface area contributed by atoms with E-state index in [1.54, 1.807) is 0 Å². The van der Waals surface area contributed by atoms with Crippen molar-refractivity contribution in [3.8, 4) is 11.1 Å². The van der Waals surface area contributed by atoms with Crippen LogP contribution in [0.2, 0.25) is 0 Å². The van der Waals surface area contributed by atoms with Crippen molar-refractivity contribution < 1.29 is 13.2 Å². The Morgan fingerprint density at radius 1 is 1.00 bits per heavy atom. The van der Waals surface area contributed by atoms with Crippen molar-refractivity contribution >= 4 is 0 Å². The molecule has 2 aromatic rings. The highest BCUT2D eigenvalue weighted by Gasteiger charge is 2.58. The zero-order valence-electron chi connectivity index (χ0n) is 17.7. The van der Waals surface area contributed by atoms with Crippen LogP contribution in [0.4, 0.5) is 13.2 Å². The zero-order chi connectivity index (χ0) is 21.2. The average Bonchev–Trinajstić information content (AvgIpc) is 2.70. The number of piperidine rings is 1. The smallest absolute Gasteiger partial charge is 0.302 e. The van der Waals surface area contributed by atoms with Crippen molar-refractivity contribution in [2.45, 2.75) is 58.0 Å². The molecule has 2 nitrogen and oxygen atoms in total. The molecule has 2 fully saturated rings. The Hall–Kier alpha value is -1.88. The highest BCUT2D eigenvalue weighted by Crippen LogP contribution is 2.53. The highest BCUT2D eigenvalue weighted by molar-refractivity contribution is 5.62. The molecule has 0 N–H and O–H groups in total. The van der Waals surface area contributed by atoms with Crippen molar-refractivity contribution in [2.75, 3.05) is 19.6 Å². The molecule has 0 atom stereocenters. The number of hydrogen-bond donors (Lipinski definition) is 0. The first-order valence-electron chi connectivity index (χ1n) is 11.2. The first kappa shape index (κ1) is 21.4. The fraction of sp³-hybridized carbons (Fsp3) is 0.560. The van der Waals surface area contributed by atoms with Gasteiger partial charge < -0.3 is 4.90 Å². The maximum absolute atomic E-state index is 13.4. The number of halogens is 3. The number of aryl methyl sites for hydroxylation is 2. The van der Waals surface area contributed by atoms with E-state index in [-0.39, 0.29) is 6.54 Å². The summed E-state index contributed by atoms with van der Waals surface area (Å²) in [5, 5.41) is 0. The van der Waals surface area contributed by atoms with Crippen molar-refractivity contribution in [2.24, 2.45) is 11.3 Å². The fourth-order valence-electron chi connectivity index (χ4n) is 4.84. The molecule has 0 unspecified atom stereocenters. The van der Waals surface area contributed by atoms with Gasteiger partial charge in [0.15, 0.2) is 0 Å². The predicted octanol–water partition coefficient (Wildman–Crippen LogP) is 6.43. The monoisotopic (exact) mass is 416 g/mol. The van der Waals surface area contributed by atoms with E-state index in [9.17, 15) is 13.2 Å². The number of pyridine rings is 1. The SMILES string of the molecule is Cc1ccc(-c2ccc(CCC3CCN(CC4(C(F)(F)F)CCC4)CC3)nc2)cc1. The van der Waals surface area contributed by atoms with E-state index in [1.165, 1.54) is 11.1 Å². The quantitative estimate of drug-likeness (QED) is 0.539. The van der Waals surface area contributed by atoms with E-state index in [0.717, 1.165) is 50.0 Å². The van der Waals surface area contributed by atoms with E-state index in [2.05, 4.69) is 53.2 Å². The second-order valence-electron chi connectivity index (χ2n) is 9.29. The molecular formula is C25H31F3N2. The van der Waals surface area contributed by atoms with Crippen LogP contribution >= 0.6 is 0 Å². The molecule has 5 heteroatoms. The molecule has 2 aliphatic rings. The molecule has 1 saturated carbocycles. The molecule has 0 radical (unpaired) electrons. The topological polar surface area (TPSA) is 16.1 Å². The molecule has 0 bridgehead atoms. The Bertz CT molecular complexity index is 815. The van der Waals surface area contributed by atoms with Gasteiger partial charge in [0.05, 0.1) is 5.41 Å². The predicted molar refractivity (Wildman–Crippen MR) is 114 cm³/mol. The molecule has 30 heavy (non-hydrogen) atoms. The van der Waals surface area contributed by atoms with Gasteiger partial charge in [-0.1, -0.05) is 42.3 Å². The maximum atomic E-state index is 13.4. The van der Waals surface area contributed by atoms with Crippen LogP contribution < -0.4 is 0 Å². The molecule has 1 aliphatic heterocycles. The van der Waals surface area contributed by atoms with Gasteiger partial charge >= 0.3 is 6.18 Å². The average molecular weight is 417 g/mol. The lowest BCUT2D eigenvalue weighted by atomic mass is 9.67. The molecule has 2 heterocycles. The first-order valence-corrected chi connectivity index (χ1v) is 11.2. The van der Waals surface area contributed by atoms with Gasteiger partial charge in [-0.2, -0.15) is 13.2 Å². The van der Waals surface area contributed by atoms with Gasteiger partial charge in [-0.3, -0.25) is 4.98 Å². The summed E-state index contributed by atoms with van der Waals surface area (Å²) >= 11 is 0. The highest BCUT2D eigenvalue weighted by atomic mass is 19.4. The van der Waals surface area contributed by atoms with Crippen molar-refractivity contribution in [3.63, 3.8) is 0 Å². The number of alkyl halides is 3. The summed E-state index contributed by atoms with van der Waals surface area (Å²) in [6.07, 6.45) is 3.20. The Morgan fingerprint density at radius 2 is 1.67 bits per heavy atom. The van der Waals surface area contributed by atoms with Crippen molar-refractivity contribution in [3.05, 3.63) is 53.9 Å². The lowest BCUT2D eigenvalue weighted by Crippen LogP contribution is -2.53. The largest absolute Gasteiger partial charge is 0.395 e. The molecule has 1 aromatic carbocycles. The minimum Gasteiger partial charge on any atom is -0.302 e. The molecule has 0 amide bonds. The Kier molecular flexibility index (Phi) is 6.19. The third-order valence-corrected chi connectivity index (χ3v) is 7.16. The van der Waals surface area contributed by atoms with Gasteiger partial charge in [-0.15, -0.1) is 0 Å². The molecular weight excluding hydrogens is 385 g/mol. The van der Waals surface area contributed by atoms with Crippen LogP contribution in [0.15, 0.2) is 42.6 Å². The second-order valence-corrected chi connectivity index (χ2v) is 9.29. The molecule has 0 spiro atoms. The van der Waals surface area contributed by atoms with E-state index in [1.807, 2.05) is 6.20 Å². The van der Waals surface area contributed by atoms with Gasteiger partial charge in [-0.25, -0.2) is 0 Å². The molecule has 4 rings (SSSR count). The minimum atomic E-state index is -4.06. The lowest BCUT2D eigenvalue weighted by molar-refractivity contribution is -0.256. The number of likely N-dealkylation sites (tertiary alicyclic amines) is 1. The van der Waals surface area contributed by atoms with Crippen LogP contribution in [0, 0.1) is 18.3 Å². The normalized spacial score (nSPS) is 20.1. The summed E-state index contributed by atoms with van der Waals surface area (Å²) < 4.78 is 40.3. The standard InChI is InChI=1S/C25H31F3N2/c1-19-3-6-21(7-4-19)22-8-10-23(29-17-22)9-5-20-11-15-30(16-12-20)18-24(13-2-14-24)25(26,27)28/h3-4,6-8,10,17,20H,2,5,9,11-16,18H2,1H3. The summed E-state index contributed by atoms with van der Waals surface area (Å²) in [6, 6.07) is 12.7. The summed E-state index contributed by atoms with van der Waals surface area (Å²) in [4.78, 5) is 6.69. The van der Waals surface area contributed by atoms with E-state index >= 15 is 0 Å². The van der Waals surface area contributed by atoms with Gasteiger partial charge in [0.2, 0.25) is 0 Å². The van der Waals surface area contributed by atoms with E-state index in [4.69, 9.17) is 0 Å². The number of nitrogens with zero attached hydrogens (tertiary/aromatic N) is 2. The molecule has 1 aliphatic carbocycles. The maximum Gasteiger partial charge on any atom is 0.395 e. The van der Waals surface area contributed by atoms with Crippen LogP contribution in [0.25, 0.3) is 11.1 Å². The summed E-state index contributed by atoms with van der Waals surface area (Å²) in [7, 11) is 0. The van der Waals surface area contributed by atoms with Crippen LogP contribution in [0.5, 0.6) is 0 Å². The second kappa shape index (κ2) is 8.70. The first-order chi connectivity index (χ1) is 14.3. The summed E-state index contributed by atoms with van der Waals surface area (Å²) in [5.74, 6) is 0.586. The summed E-state index contributed by atoms with van der Waals surface area (Å²) in [6.45, 7) is 3.87. The Labute approximate surface area is 177 Å². The van der Waals surface area contributed by atoms with Crippen molar-refractivity contribution in [1.29, 1.82) is 0 Å². The third-order valence-electron chi connectivity index (χ3n) is 7.16. The van der Waals surface area contributed by atoms with Crippen molar-refractivity contribution in [1.82, 2.24) is 9.88 Å². The number of benzene rings is 1. The fourth-order valence-corrected chi connectivity index (χ4v) is 4.84. The minimum absolute atomic E-state index is 0.200. The van der Waals surface area contributed by atoms with Crippen LogP contribution in [-0.4, -0.2) is 35.7 Å². The number of hydrogen-bond acceptors (Lipinski definition) is 2. The Balaban J connectivity index is 1.23. The number of rotatable bonds is 6. The van der Waals surface area contributed by atoms with E-state index in [0.29, 0.717) is 25.2 Å². The summed E-state index contributed by atoms with van der Waals surface area (Å²) in [5.41, 5.74) is 3.22. The Morgan fingerprint density at radius 3 is 2.20 bits per heavy atom. The van der Waals surface area contributed by atoms with Crippen LogP contribution in [0.3, 0.4) is 0 Å². The molecule has 162 valence electrons. The van der Waals surface area contributed by atoms with Crippen LogP contribution in [-0.2, 0) is 6.42 Å². The van der Waals surface area contributed by atoms with Gasteiger partial charge in [-0.05, 0) is 76.1 Å². The van der Waals surface area contributed by atoms with Crippen LogP contribution in [0.1, 0.15) is 49.8 Å². The van der Waals surface area contributed by atoms with Gasteiger partial charge in [0.25, 0.3) is 0 Å². The molecule has 1 aromatic heterocycles. The molecule has 1 saturated heterocycles. The number of aromatic nitrogens is 1.